The molecule has 1 heteroatoms. The van der Waals surface area contributed by atoms with Gasteiger partial charge in [-0.1, -0.05) is 52.8 Å². The van der Waals surface area contributed by atoms with E-state index in [0.717, 1.165) is 0 Å². The van der Waals surface area contributed by atoms with Crippen molar-refractivity contribution in [3.8, 4) is 0 Å². The van der Waals surface area contributed by atoms with Crippen molar-refractivity contribution >= 4 is 5.69 Å². The molecule has 1 aromatic carbocycles. The van der Waals surface area contributed by atoms with Crippen LogP contribution in [0.3, 0.4) is 0 Å². The van der Waals surface area contributed by atoms with Crippen LogP contribution in [0.5, 0.6) is 0 Å². The molecule has 0 saturated heterocycles. The van der Waals surface area contributed by atoms with Gasteiger partial charge in [0.2, 0.25) is 0 Å². The normalized spacial score (nSPS) is 15.4. The Morgan fingerprint density at radius 2 is 1.71 bits per heavy atom. The van der Waals surface area contributed by atoms with Crippen LogP contribution in [-0.2, 0) is 0 Å². The molecule has 2 atom stereocenters. The highest BCUT2D eigenvalue weighted by Gasteiger charge is 2.20. The van der Waals surface area contributed by atoms with Crippen molar-refractivity contribution in [2.75, 3.05) is 5.32 Å². The number of anilines is 1. The molecule has 0 heterocycles. The molecular weight excluding hydrogens is 206 g/mol. The maximum atomic E-state index is 3.67. The number of rotatable bonds is 4. The van der Waals surface area contributed by atoms with Crippen molar-refractivity contribution in [3.05, 3.63) is 29.8 Å². The fraction of sp³-hybridized carbons (Fsp3) is 0.625. The molecule has 0 saturated carbocycles. The Labute approximate surface area is 107 Å². The maximum absolute atomic E-state index is 3.67. The molecule has 1 N–H and O–H groups in total. The summed E-state index contributed by atoms with van der Waals surface area (Å²) in [6, 6.07) is 9.15. The van der Waals surface area contributed by atoms with Crippen LogP contribution in [0.15, 0.2) is 24.3 Å². The molecule has 0 aliphatic heterocycles. The minimum atomic E-state index is 0.280. The van der Waals surface area contributed by atoms with Gasteiger partial charge in [0, 0.05) is 11.7 Å². The first kappa shape index (κ1) is 14.1. The summed E-state index contributed by atoms with van der Waals surface area (Å²) >= 11 is 0. The SMILES string of the molecule is CCC(C)c1ccccc1NC(C)C(C)(C)C. The quantitative estimate of drug-likeness (QED) is 0.767. The van der Waals surface area contributed by atoms with Gasteiger partial charge in [0.1, 0.15) is 0 Å². The molecule has 1 aromatic rings. The second-order valence-corrected chi connectivity index (χ2v) is 6.13. The van der Waals surface area contributed by atoms with E-state index in [1.54, 1.807) is 0 Å². The molecule has 0 amide bonds. The molecule has 0 spiro atoms. The van der Waals surface area contributed by atoms with Crippen LogP contribution in [0.1, 0.15) is 59.4 Å². The van der Waals surface area contributed by atoms with E-state index in [2.05, 4.69) is 71.1 Å². The molecule has 1 nitrogen and oxygen atoms in total. The summed E-state index contributed by atoms with van der Waals surface area (Å²) in [5.74, 6) is 0.617. The molecule has 0 radical (unpaired) electrons. The Kier molecular flexibility index (Phi) is 4.62. The minimum absolute atomic E-state index is 0.280. The molecule has 96 valence electrons. The van der Waals surface area contributed by atoms with Gasteiger partial charge in [0.05, 0.1) is 0 Å². The lowest BCUT2D eigenvalue weighted by molar-refractivity contribution is 0.359. The molecule has 0 fully saturated rings. The molecule has 2 unspecified atom stereocenters. The molecule has 0 aromatic heterocycles. The zero-order valence-electron chi connectivity index (χ0n) is 12.2. The number of nitrogens with one attached hydrogen (secondary N) is 1. The first-order valence-corrected chi connectivity index (χ1v) is 6.71. The van der Waals surface area contributed by atoms with Gasteiger partial charge in [-0.3, -0.25) is 0 Å². The third kappa shape index (κ3) is 3.76. The lowest BCUT2D eigenvalue weighted by atomic mass is 9.87. The lowest BCUT2D eigenvalue weighted by Gasteiger charge is -2.30. The predicted octanol–water partition coefficient (Wildman–Crippen LogP) is 5.05. The molecule has 1 rings (SSSR count). The summed E-state index contributed by atoms with van der Waals surface area (Å²) in [4.78, 5) is 0. The topological polar surface area (TPSA) is 12.0 Å². The van der Waals surface area contributed by atoms with Crippen LogP contribution in [0.25, 0.3) is 0 Å². The van der Waals surface area contributed by atoms with Gasteiger partial charge < -0.3 is 5.32 Å². The molecular formula is C16H27N. The highest BCUT2D eigenvalue weighted by atomic mass is 14.9. The smallest absolute Gasteiger partial charge is 0.0377 e. The summed E-state index contributed by atoms with van der Waals surface area (Å²) in [6.07, 6.45) is 1.18. The third-order valence-corrected chi connectivity index (χ3v) is 3.78. The fourth-order valence-electron chi connectivity index (χ4n) is 1.73. The average molecular weight is 233 g/mol. The van der Waals surface area contributed by atoms with E-state index in [4.69, 9.17) is 0 Å². The van der Waals surface area contributed by atoms with Crippen molar-refractivity contribution in [2.45, 2.75) is 59.9 Å². The van der Waals surface area contributed by atoms with Gasteiger partial charge >= 0.3 is 0 Å². The van der Waals surface area contributed by atoms with Gasteiger partial charge in [-0.15, -0.1) is 0 Å². The standard InChI is InChI=1S/C16H27N/c1-7-12(2)14-10-8-9-11-15(14)17-13(3)16(4,5)6/h8-13,17H,7H2,1-6H3. The van der Waals surface area contributed by atoms with Crippen LogP contribution >= 0.6 is 0 Å². The van der Waals surface area contributed by atoms with E-state index >= 15 is 0 Å². The van der Waals surface area contributed by atoms with Crippen LogP contribution in [0.4, 0.5) is 5.69 Å². The fourth-order valence-corrected chi connectivity index (χ4v) is 1.73. The van der Waals surface area contributed by atoms with Crippen molar-refractivity contribution in [3.63, 3.8) is 0 Å². The summed E-state index contributed by atoms with van der Waals surface area (Å²) in [7, 11) is 0. The number of hydrogen-bond acceptors (Lipinski definition) is 1. The molecule has 0 aliphatic rings. The Balaban J connectivity index is 2.91. The van der Waals surface area contributed by atoms with Crippen molar-refractivity contribution < 1.29 is 0 Å². The largest absolute Gasteiger partial charge is 0.382 e. The van der Waals surface area contributed by atoms with Gasteiger partial charge in [-0.2, -0.15) is 0 Å². The summed E-state index contributed by atoms with van der Waals surface area (Å²) < 4.78 is 0. The lowest BCUT2D eigenvalue weighted by Crippen LogP contribution is -2.31. The van der Waals surface area contributed by atoms with Gasteiger partial charge in [0.25, 0.3) is 0 Å². The molecule has 17 heavy (non-hydrogen) atoms. The first-order chi connectivity index (χ1) is 7.86. The second kappa shape index (κ2) is 5.57. The van der Waals surface area contributed by atoms with E-state index < -0.39 is 0 Å². The van der Waals surface area contributed by atoms with Crippen molar-refractivity contribution in [1.82, 2.24) is 0 Å². The average Bonchev–Trinajstić information content (AvgIpc) is 2.27. The van der Waals surface area contributed by atoms with E-state index in [-0.39, 0.29) is 5.41 Å². The van der Waals surface area contributed by atoms with Gasteiger partial charge in [0.15, 0.2) is 0 Å². The minimum Gasteiger partial charge on any atom is -0.382 e. The van der Waals surface area contributed by atoms with Gasteiger partial charge in [-0.05, 0) is 36.3 Å². The number of benzene rings is 1. The number of hydrogen-bond donors (Lipinski definition) is 1. The Morgan fingerprint density at radius 3 is 2.24 bits per heavy atom. The number of para-hydroxylation sites is 1. The second-order valence-electron chi connectivity index (χ2n) is 6.13. The summed E-state index contributed by atoms with van der Waals surface area (Å²) in [5.41, 5.74) is 3.01. The van der Waals surface area contributed by atoms with Crippen LogP contribution < -0.4 is 5.32 Å². The van der Waals surface area contributed by atoms with Crippen LogP contribution in [0, 0.1) is 5.41 Å². The Hall–Kier alpha value is -0.980. The maximum Gasteiger partial charge on any atom is 0.0377 e. The Bertz CT molecular complexity index is 349. The van der Waals surface area contributed by atoms with Crippen LogP contribution in [0.2, 0.25) is 0 Å². The monoisotopic (exact) mass is 233 g/mol. The van der Waals surface area contributed by atoms with Gasteiger partial charge in [-0.25, -0.2) is 0 Å². The van der Waals surface area contributed by atoms with Crippen molar-refractivity contribution in [2.24, 2.45) is 5.41 Å². The van der Waals surface area contributed by atoms with Crippen molar-refractivity contribution in [1.29, 1.82) is 0 Å². The predicted molar refractivity (Wildman–Crippen MR) is 77.7 cm³/mol. The third-order valence-electron chi connectivity index (χ3n) is 3.78. The van der Waals surface area contributed by atoms with E-state index in [1.807, 2.05) is 0 Å². The van der Waals surface area contributed by atoms with E-state index in [0.29, 0.717) is 12.0 Å². The first-order valence-electron chi connectivity index (χ1n) is 6.71. The van der Waals surface area contributed by atoms with Crippen LogP contribution in [-0.4, -0.2) is 6.04 Å². The zero-order chi connectivity index (χ0) is 13.1. The Morgan fingerprint density at radius 1 is 1.12 bits per heavy atom. The highest BCUT2D eigenvalue weighted by molar-refractivity contribution is 5.53. The highest BCUT2D eigenvalue weighted by Crippen LogP contribution is 2.29. The molecule has 0 aliphatic carbocycles. The van der Waals surface area contributed by atoms with E-state index in [1.165, 1.54) is 17.7 Å². The van der Waals surface area contributed by atoms with E-state index in [9.17, 15) is 0 Å². The molecule has 0 bridgehead atoms. The summed E-state index contributed by atoms with van der Waals surface area (Å²) in [5, 5.41) is 3.67. The summed E-state index contributed by atoms with van der Waals surface area (Å²) in [6.45, 7) is 13.6. The zero-order valence-corrected chi connectivity index (χ0v) is 12.2.